The van der Waals surface area contributed by atoms with Gasteiger partial charge in [-0.25, -0.2) is 4.98 Å². The fraction of sp³-hybridized carbons (Fsp3) is 0.533. The van der Waals surface area contributed by atoms with Crippen LogP contribution in [-0.4, -0.2) is 23.2 Å². The summed E-state index contributed by atoms with van der Waals surface area (Å²) in [4.78, 5) is 8.22. The predicted octanol–water partition coefficient (Wildman–Crippen LogP) is 3.38. The first-order valence-corrected chi connectivity index (χ1v) is 7.19. The van der Waals surface area contributed by atoms with E-state index in [1.165, 1.54) is 32.1 Å². The summed E-state index contributed by atoms with van der Waals surface area (Å²) in [5, 5.41) is 0. The average molecular weight is 258 g/mol. The van der Waals surface area contributed by atoms with Crippen LogP contribution in [-0.2, 0) is 0 Å². The zero-order valence-electron chi connectivity index (χ0n) is 10.9. The smallest absolute Gasteiger partial charge is 0.163 e. The highest BCUT2D eigenvalue weighted by molar-refractivity contribution is 5.80. The van der Waals surface area contributed by atoms with Gasteiger partial charge in [0.2, 0.25) is 0 Å². The first-order chi connectivity index (χ1) is 9.40. The molecular formula is C15H18N2O2. The zero-order valence-corrected chi connectivity index (χ0v) is 10.9. The molecule has 0 radical (unpaired) electrons. The van der Waals surface area contributed by atoms with E-state index >= 15 is 0 Å². The molecule has 4 heteroatoms. The number of aromatic nitrogens is 2. The van der Waals surface area contributed by atoms with E-state index in [1.54, 1.807) is 0 Å². The Morgan fingerprint density at radius 3 is 2.53 bits per heavy atom. The molecule has 1 saturated carbocycles. The van der Waals surface area contributed by atoms with Crippen molar-refractivity contribution >= 4 is 11.0 Å². The van der Waals surface area contributed by atoms with Crippen LogP contribution in [0, 0.1) is 0 Å². The molecule has 1 fully saturated rings. The molecular weight excluding hydrogens is 240 g/mol. The topological polar surface area (TPSA) is 47.1 Å². The second-order valence-corrected chi connectivity index (χ2v) is 5.47. The maximum absolute atomic E-state index is 5.61. The van der Waals surface area contributed by atoms with Crippen LogP contribution >= 0.6 is 0 Å². The lowest BCUT2D eigenvalue weighted by Crippen LogP contribution is -2.15. The summed E-state index contributed by atoms with van der Waals surface area (Å²) in [7, 11) is 0. The number of hydrogen-bond donors (Lipinski definition) is 1. The van der Waals surface area contributed by atoms with E-state index < -0.39 is 0 Å². The van der Waals surface area contributed by atoms with Crippen molar-refractivity contribution in [3.05, 3.63) is 18.0 Å². The van der Waals surface area contributed by atoms with Gasteiger partial charge in [0, 0.05) is 18.1 Å². The van der Waals surface area contributed by atoms with Gasteiger partial charge in [-0.15, -0.1) is 0 Å². The van der Waals surface area contributed by atoms with Gasteiger partial charge >= 0.3 is 0 Å². The van der Waals surface area contributed by atoms with E-state index in [4.69, 9.17) is 14.5 Å². The first kappa shape index (κ1) is 11.1. The van der Waals surface area contributed by atoms with Crippen molar-refractivity contribution < 1.29 is 9.47 Å². The summed E-state index contributed by atoms with van der Waals surface area (Å²) in [5.74, 6) is 3.38. The lowest BCUT2D eigenvalue weighted by atomic mass is 9.89. The molecule has 1 aromatic heterocycles. The van der Waals surface area contributed by atoms with Gasteiger partial charge in [-0.1, -0.05) is 19.3 Å². The minimum atomic E-state index is 0.597. The second kappa shape index (κ2) is 4.44. The highest BCUT2D eigenvalue weighted by Gasteiger charge is 2.20. The summed E-state index contributed by atoms with van der Waals surface area (Å²) in [6.45, 7) is 1.25. The lowest BCUT2D eigenvalue weighted by Gasteiger charge is -2.18. The molecule has 0 amide bonds. The Balaban J connectivity index is 1.73. The molecule has 2 aliphatic rings. The van der Waals surface area contributed by atoms with E-state index in [1.807, 2.05) is 12.1 Å². The van der Waals surface area contributed by atoms with Crippen LogP contribution in [0.15, 0.2) is 12.1 Å². The Hall–Kier alpha value is -1.71. The number of rotatable bonds is 1. The van der Waals surface area contributed by atoms with Crippen LogP contribution in [0.25, 0.3) is 11.0 Å². The Labute approximate surface area is 112 Å². The fourth-order valence-corrected chi connectivity index (χ4v) is 3.14. The summed E-state index contributed by atoms with van der Waals surface area (Å²) in [6.07, 6.45) is 6.53. The molecule has 0 saturated heterocycles. The van der Waals surface area contributed by atoms with E-state index in [9.17, 15) is 0 Å². The Morgan fingerprint density at radius 1 is 1.00 bits per heavy atom. The van der Waals surface area contributed by atoms with Gasteiger partial charge in [0.25, 0.3) is 0 Å². The van der Waals surface area contributed by atoms with E-state index in [-0.39, 0.29) is 0 Å². The number of aromatic amines is 1. The molecule has 0 unspecified atom stereocenters. The number of imidazole rings is 1. The highest BCUT2D eigenvalue weighted by atomic mass is 16.6. The van der Waals surface area contributed by atoms with E-state index in [0.717, 1.165) is 28.4 Å². The van der Waals surface area contributed by atoms with E-state index in [0.29, 0.717) is 19.1 Å². The molecule has 4 nitrogen and oxygen atoms in total. The van der Waals surface area contributed by atoms with E-state index in [2.05, 4.69) is 4.98 Å². The van der Waals surface area contributed by atoms with Crippen LogP contribution in [0.3, 0.4) is 0 Å². The number of hydrogen-bond acceptors (Lipinski definition) is 3. The number of fused-ring (bicyclic) bond motifs is 2. The van der Waals surface area contributed by atoms with Crippen LogP contribution in [0.4, 0.5) is 0 Å². The van der Waals surface area contributed by atoms with Gasteiger partial charge in [0.1, 0.15) is 19.0 Å². The quantitative estimate of drug-likeness (QED) is 0.853. The SMILES string of the molecule is c1c2c(cc3[nH]c(C4CCCCC4)nc13)OCCO2. The molecule has 2 heterocycles. The third-order valence-electron chi connectivity index (χ3n) is 4.16. The van der Waals surface area contributed by atoms with Gasteiger partial charge in [0.05, 0.1) is 11.0 Å². The molecule has 0 bridgehead atoms. The number of nitrogens with one attached hydrogen (secondary N) is 1. The van der Waals surface area contributed by atoms with Crippen LogP contribution < -0.4 is 9.47 Å². The fourth-order valence-electron chi connectivity index (χ4n) is 3.14. The Bertz CT molecular complexity index is 556. The highest BCUT2D eigenvalue weighted by Crippen LogP contribution is 2.36. The maximum atomic E-state index is 5.61. The standard InChI is InChI=1S/C15H18N2O2/c1-2-4-10(5-3-1)15-16-11-8-13-14(9-12(11)17-15)19-7-6-18-13/h8-10H,1-7H2,(H,16,17). The van der Waals surface area contributed by atoms with Crippen molar-refractivity contribution in [3.8, 4) is 11.5 Å². The second-order valence-electron chi connectivity index (χ2n) is 5.47. The third-order valence-corrected chi connectivity index (χ3v) is 4.16. The van der Waals surface area contributed by atoms with Crippen molar-refractivity contribution in [1.29, 1.82) is 0 Å². The minimum absolute atomic E-state index is 0.597. The van der Waals surface area contributed by atoms with Gasteiger partial charge in [0.15, 0.2) is 11.5 Å². The predicted molar refractivity (Wildman–Crippen MR) is 72.9 cm³/mol. The normalized spacial score (nSPS) is 19.8. The molecule has 19 heavy (non-hydrogen) atoms. The number of nitrogens with zero attached hydrogens (tertiary/aromatic N) is 1. The van der Waals surface area contributed by atoms with Crippen LogP contribution in [0.1, 0.15) is 43.8 Å². The molecule has 100 valence electrons. The molecule has 1 aliphatic carbocycles. The number of ether oxygens (including phenoxy) is 2. The molecule has 1 aliphatic heterocycles. The van der Waals surface area contributed by atoms with Crippen molar-refractivity contribution in [2.24, 2.45) is 0 Å². The van der Waals surface area contributed by atoms with Crippen molar-refractivity contribution in [2.75, 3.05) is 13.2 Å². The first-order valence-electron chi connectivity index (χ1n) is 7.19. The summed E-state index contributed by atoms with van der Waals surface area (Å²) >= 11 is 0. The van der Waals surface area contributed by atoms with Crippen molar-refractivity contribution in [2.45, 2.75) is 38.0 Å². The minimum Gasteiger partial charge on any atom is -0.486 e. The van der Waals surface area contributed by atoms with Crippen LogP contribution in [0.2, 0.25) is 0 Å². The summed E-state index contributed by atoms with van der Waals surface area (Å²) < 4.78 is 11.2. The average Bonchev–Trinajstić information content (AvgIpc) is 2.88. The van der Waals surface area contributed by atoms with Crippen LogP contribution in [0.5, 0.6) is 11.5 Å². The summed E-state index contributed by atoms with van der Waals surface area (Å²) in [5.41, 5.74) is 2.05. The largest absolute Gasteiger partial charge is 0.486 e. The maximum Gasteiger partial charge on any atom is 0.163 e. The zero-order chi connectivity index (χ0) is 12.7. The van der Waals surface area contributed by atoms with Gasteiger partial charge in [-0.3, -0.25) is 0 Å². The Kier molecular flexibility index (Phi) is 2.60. The Morgan fingerprint density at radius 2 is 1.74 bits per heavy atom. The van der Waals surface area contributed by atoms with Gasteiger partial charge in [-0.2, -0.15) is 0 Å². The van der Waals surface area contributed by atoms with Crippen molar-refractivity contribution in [3.63, 3.8) is 0 Å². The molecule has 4 rings (SSSR count). The monoisotopic (exact) mass is 258 g/mol. The molecule has 0 atom stereocenters. The number of H-pyrrole nitrogens is 1. The molecule has 1 aromatic carbocycles. The van der Waals surface area contributed by atoms with Gasteiger partial charge in [-0.05, 0) is 12.8 Å². The molecule has 0 spiro atoms. The molecule has 2 aromatic rings. The third kappa shape index (κ3) is 1.95. The lowest BCUT2D eigenvalue weighted by molar-refractivity contribution is 0.172. The van der Waals surface area contributed by atoms with Crippen molar-refractivity contribution in [1.82, 2.24) is 9.97 Å². The number of benzene rings is 1. The molecule has 1 N–H and O–H groups in total. The summed E-state index contributed by atoms with van der Waals surface area (Å²) in [6, 6.07) is 4.01. The van der Waals surface area contributed by atoms with Gasteiger partial charge < -0.3 is 14.5 Å².